The van der Waals surface area contributed by atoms with Crippen LogP contribution in [-0.4, -0.2) is 4.98 Å². The Morgan fingerprint density at radius 2 is 2.11 bits per heavy atom. The number of benzene rings is 1. The zero-order chi connectivity index (χ0) is 13.3. The van der Waals surface area contributed by atoms with E-state index in [4.69, 9.17) is 11.6 Å². The van der Waals surface area contributed by atoms with E-state index in [1.54, 1.807) is 11.3 Å². The molecule has 18 heavy (non-hydrogen) atoms. The average molecular weight is 346 g/mol. The van der Waals surface area contributed by atoms with Gasteiger partial charge in [0.2, 0.25) is 0 Å². The zero-order valence-corrected chi connectivity index (χ0v) is 13.6. The van der Waals surface area contributed by atoms with Gasteiger partial charge < -0.3 is 5.32 Å². The third-order valence-electron chi connectivity index (χ3n) is 2.66. The highest BCUT2D eigenvalue weighted by Gasteiger charge is 2.14. The van der Waals surface area contributed by atoms with Gasteiger partial charge in [0.25, 0.3) is 0 Å². The van der Waals surface area contributed by atoms with E-state index in [9.17, 15) is 0 Å². The van der Waals surface area contributed by atoms with Crippen LogP contribution in [0, 0.1) is 13.8 Å². The molecule has 1 atom stereocenters. The van der Waals surface area contributed by atoms with Crippen LogP contribution >= 0.6 is 38.9 Å². The standard InChI is InChI=1S/C13H14BrClN2S/c1-7-13(18-9(3)16-7)8(2)17-11-6-4-5-10(15)12(11)14/h4-6,8,17H,1-3H3. The Morgan fingerprint density at radius 3 is 2.72 bits per heavy atom. The topological polar surface area (TPSA) is 24.9 Å². The minimum atomic E-state index is 0.214. The minimum Gasteiger partial charge on any atom is -0.377 e. The number of anilines is 1. The van der Waals surface area contributed by atoms with Crippen molar-refractivity contribution in [3.05, 3.63) is 43.3 Å². The van der Waals surface area contributed by atoms with Gasteiger partial charge in [0.15, 0.2) is 0 Å². The zero-order valence-electron chi connectivity index (χ0n) is 10.4. The molecule has 0 aliphatic rings. The SMILES string of the molecule is Cc1nc(C)c(C(C)Nc2cccc(Cl)c2Br)s1. The van der Waals surface area contributed by atoms with E-state index < -0.39 is 0 Å². The first-order valence-corrected chi connectivity index (χ1v) is 7.62. The van der Waals surface area contributed by atoms with E-state index >= 15 is 0 Å². The van der Waals surface area contributed by atoms with Crippen LogP contribution in [0.15, 0.2) is 22.7 Å². The van der Waals surface area contributed by atoms with E-state index in [-0.39, 0.29) is 6.04 Å². The summed E-state index contributed by atoms with van der Waals surface area (Å²) in [7, 11) is 0. The Balaban J connectivity index is 2.24. The van der Waals surface area contributed by atoms with Gasteiger partial charge in [-0.05, 0) is 48.8 Å². The molecular weight excluding hydrogens is 332 g/mol. The van der Waals surface area contributed by atoms with Crippen molar-refractivity contribution < 1.29 is 0 Å². The molecule has 1 aromatic heterocycles. The quantitative estimate of drug-likeness (QED) is 0.811. The Labute approximate surface area is 125 Å². The van der Waals surface area contributed by atoms with E-state index in [1.165, 1.54) is 4.88 Å². The average Bonchev–Trinajstić information content (AvgIpc) is 2.64. The molecule has 1 heterocycles. The lowest BCUT2D eigenvalue weighted by Crippen LogP contribution is -2.06. The summed E-state index contributed by atoms with van der Waals surface area (Å²) in [6.07, 6.45) is 0. The molecule has 5 heteroatoms. The normalized spacial score (nSPS) is 12.5. The maximum absolute atomic E-state index is 6.08. The van der Waals surface area contributed by atoms with Gasteiger partial charge in [-0.3, -0.25) is 0 Å². The second-order valence-corrected chi connectivity index (χ2v) is 6.58. The number of thiazole rings is 1. The molecular formula is C13H14BrClN2S. The molecule has 96 valence electrons. The number of hydrogen-bond acceptors (Lipinski definition) is 3. The molecule has 1 N–H and O–H groups in total. The number of aryl methyl sites for hydroxylation is 2. The molecule has 1 unspecified atom stereocenters. The van der Waals surface area contributed by atoms with Gasteiger partial charge >= 0.3 is 0 Å². The first-order chi connectivity index (χ1) is 8.49. The molecule has 0 aliphatic carbocycles. The number of rotatable bonds is 3. The fourth-order valence-corrected chi connectivity index (χ4v) is 3.35. The Kier molecular flexibility index (Phi) is 4.30. The van der Waals surface area contributed by atoms with E-state index in [2.05, 4.69) is 33.2 Å². The fraction of sp³-hybridized carbons (Fsp3) is 0.308. The molecule has 0 saturated carbocycles. The van der Waals surface area contributed by atoms with Crippen LogP contribution in [0.25, 0.3) is 0 Å². The summed E-state index contributed by atoms with van der Waals surface area (Å²) in [5, 5.41) is 5.27. The van der Waals surface area contributed by atoms with Crippen molar-refractivity contribution in [1.82, 2.24) is 4.98 Å². The first kappa shape index (κ1) is 13.8. The van der Waals surface area contributed by atoms with Gasteiger partial charge in [-0.1, -0.05) is 17.7 Å². The summed E-state index contributed by atoms with van der Waals surface area (Å²) in [6.45, 7) is 6.21. The molecule has 0 fully saturated rings. The number of hydrogen-bond donors (Lipinski definition) is 1. The molecule has 1 aromatic carbocycles. The fourth-order valence-electron chi connectivity index (χ4n) is 1.86. The molecule has 0 amide bonds. The summed E-state index contributed by atoms with van der Waals surface area (Å²) >= 11 is 11.3. The number of aromatic nitrogens is 1. The van der Waals surface area contributed by atoms with E-state index in [0.29, 0.717) is 5.02 Å². The second kappa shape index (κ2) is 5.59. The second-order valence-electron chi connectivity index (χ2n) is 4.15. The Hall–Kier alpha value is -0.580. The highest BCUT2D eigenvalue weighted by atomic mass is 79.9. The van der Waals surface area contributed by atoms with Gasteiger partial charge in [-0.2, -0.15) is 0 Å². The van der Waals surface area contributed by atoms with Crippen molar-refractivity contribution in [2.45, 2.75) is 26.8 Å². The maximum Gasteiger partial charge on any atom is 0.0900 e. The van der Waals surface area contributed by atoms with Gasteiger partial charge in [0.1, 0.15) is 0 Å². The van der Waals surface area contributed by atoms with Crippen molar-refractivity contribution in [2.24, 2.45) is 0 Å². The van der Waals surface area contributed by atoms with Gasteiger partial charge in [0.05, 0.1) is 31.9 Å². The molecule has 0 spiro atoms. The van der Waals surface area contributed by atoms with Crippen LogP contribution in [0.1, 0.15) is 28.5 Å². The number of halogens is 2. The minimum absolute atomic E-state index is 0.214. The molecule has 2 nitrogen and oxygen atoms in total. The third-order valence-corrected chi connectivity index (χ3v) is 5.31. The van der Waals surface area contributed by atoms with Crippen molar-refractivity contribution in [1.29, 1.82) is 0 Å². The van der Waals surface area contributed by atoms with Crippen LogP contribution in [0.2, 0.25) is 5.02 Å². The highest BCUT2D eigenvalue weighted by Crippen LogP contribution is 2.34. The van der Waals surface area contributed by atoms with E-state index in [1.807, 2.05) is 32.0 Å². The Bertz CT molecular complexity index is 568. The highest BCUT2D eigenvalue weighted by molar-refractivity contribution is 9.10. The van der Waals surface area contributed by atoms with Crippen LogP contribution < -0.4 is 5.32 Å². The summed E-state index contributed by atoms with van der Waals surface area (Å²) in [5.41, 5.74) is 2.09. The summed E-state index contributed by atoms with van der Waals surface area (Å²) < 4.78 is 0.900. The molecule has 2 rings (SSSR count). The van der Waals surface area contributed by atoms with Gasteiger partial charge in [-0.25, -0.2) is 4.98 Å². The van der Waals surface area contributed by atoms with Crippen LogP contribution in [0.3, 0.4) is 0 Å². The van der Waals surface area contributed by atoms with Crippen LogP contribution in [0.5, 0.6) is 0 Å². The first-order valence-electron chi connectivity index (χ1n) is 5.63. The summed E-state index contributed by atoms with van der Waals surface area (Å²) in [6, 6.07) is 6.03. The monoisotopic (exact) mass is 344 g/mol. The largest absolute Gasteiger partial charge is 0.377 e. The lowest BCUT2D eigenvalue weighted by Gasteiger charge is -2.16. The Morgan fingerprint density at radius 1 is 1.39 bits per heavy atom. The van der Waals surface area contributed by atoms with Crippen molar-refractivity contribution in [3.63, 3.8) is 0 Å². The van der Waals surface area contributed by atoms with Crippen LogP contribution in [-0.2, 0) is 0 Å². The van der Waals surface area contributed by atoms with Crippen molar-refractivity contribution >= 4 is 44.6 Å². The lowest BCUT2D eigenvalue weighted by molar-refractivity contribution is 0.889. The molecule has 0 bridgehead atoms. The van der Waals surface area contributed by atoms with E-state index in [0.717, 1.165) is 20.9 Å². The number of nitrogens with zero attached hydrogens (tertiary/aromatic N) is 1. The predicted molar refractivity (Wildman–Crippen MR) is 82.8 cm³/mol. The molecule has 2 aromatic rings. The van der Waals surface area contributed by atoms with Gasteiger partial charge in [-0.15, -0.1) is 11.3 Å². The smallest absolute Gasteiger partial charge is 0.0900 e. The molecule has 0 radical (unpaired) electrons. The van der Waals surface area contributed by atoms with Crippen molar-refractivity contribution in [2.75, 3.05) is 5.32 Å². The van der Waals surface area contributed by atoms with Crippen molar-refractivity contribution in [3.8, 4) is 0 Å². The predicted octanol–water partition coefficient (Wildman–Crippen LogP) is 5.35. The summed E-state index contributed by atoms with van der Waals surface area (Å²) in [4.78, 5) is 5.72. The number of nitrogens with one attached hydrogen (secondary N) is 1. The third kappa shape index (κ3) is 2.87. The van der Waals surface area contributed by atoms with Crippen LogP contribution in [0.4, 0.5) is 5.69 Å². The molecule has 0 aliphatic heterocycles. The maximum atomic E-state index is 6.08. The molecule has 0 saturated heterocycles. The van der Waals surface area contributed by atoms with Gasteiger partial charge in [0, 0.05) is 4.88 Å². The summed E-state index contributed by atoms with van der Waals surface area (Å²) in [5.74, 6) is 0. The lowest BCUT2D eigenvalue weighted by atomic mass is 10.2.